The number of nitrogens with zero attached hydrogens (tertiary/aromatic N) is 4. The van der Waals surface area contributed by atoms with Gasteiger partial charge < -0.3 is 19.9 Å². The number of hydrogen-bond acceptors (Lipinski definition) is 7. The van der Waals surface area contributed by atoms with Gasteiger partial charge in [-0.05, 0) is 24.3 Å². The van der Waals surface area contributed by atoms with Gasteiger partial charge in [0.2, 0.25) is 11.8 Å². The van der Waals surface area contributed by atoms with Crippen molar-refractivity contribution in [2.24, 2.45) is 0 Å². The summed E-state index contributed by atoms with van der Waals surface area (Å²) in [6, 6.07) is 11.3. The summed E-state index contributed by atoms with van der Waals surface area (Å²) in [6.45, 7) is 3.37. The number of rotatable bonds is 9. The Bertz CT molecular complexity index is 1100. The zero-order valence-corrected chi connectivity index (χ0v) is 20.2. The lowest BCUT2D eigenvalue weighted by atomic mass is 10.2. The minimum atomic E-state index is -0.159. The number of anilines is 1. The Labute approximate surface area is 207 Å². The van der Waals surface area contributed by atoms with E-state index in [0.717, 1.165) is 35.2 Å². The van der Waals surface area contributed by atoms with Gasteiger partial charge in [-0.25, -0.2) is 4.98 Å². The largest absolute Gasteiger partial charge is 0.487 e. The number of benzene rings is 1. The molecule has 1 aliphatic rings. The molecule has 1 fully saturated rings. The number of ether oxygens (including phenoxy) is 1. The van der Waals surface area contributed by atoms with Crippen LogP contribution in [-0.4, -0.2) is 52.9 Å². The highest BCUT2D eigenvalue weighted by molar-refractivity contribution is 7.09. The van der Waals surface area contributed by atoms with Gasteiger partial charge in [0.25, 0.3) is 0 Å². The van der Waals surface area contributed by atoms with Gasteiger partial charge in [-0.2, -0.15) is 0 Å². The van der Waals surface area contributed by atoms with E-state index >= 15 is 0 Å². The Balaban J connectivity index is 1.14. The summed E-state index contributed by atoms with van der Waals surface area (Å²) >= 11 is 7.74. The zero-order chi connectivity index (χ0) is 23.8. The van der Waals surface area contributed by atoms with Crippen LogP contribution in [0.1, 0.15) is 23.5 Å². The fourth-order valence-electron chi connectivity index (χ4n) is 3.63. The molecule has 178 valence electrons. The lowest BCUT2D eigenvalue weighted by Crippen LogP contribution is -2.49. The number of nitrogens with one attached hydrogen (secondary N) is 1. The van der Waals surface area contributed by atoms with Crippen LogP contribution in [0, 0.1) is 0 Å². The van der Waals surface area contributed by atoms with Crippen LogP contribution in [0.15, 0.2) is 54.2 Å². The van der Waals surface area contributed by atoms with Gasteiger partial charge in [0.05, 0.1) is 22.9 Å². The first kappa shape index (κ1) is 24.0. The molecule has 3 heterocycles. The van der Waals surface area contributed by atoms with E-state index in [-0.39, 0.29) is 24.7 Å². The number of amides is 2. The minimum Gasteiger partial charge on any atom is -0.487 e. The van der Waals surface area contributed by atoms with Crippen LogP contribution in [-0.2, 0) is 22.7 Å². The molecule has 1 saturated heterocycles. The molecule has 0 bridgehead atoms. The number of carbonyl (C=O) groups is 2. The predicted octanol–water partition coefficient (Wildman–Crippen LogP) is 3.52. The van der Waals surface area contributed by atoms with Gasteiger partial charge in [0.15, 0.2) is 0 Å². The van der Waals surface area contributed by atoms with E-state index < -0.39 is 0 Å². The number of aromatic nitrogens is 2. The summed E-state index contributed by atoms with van der Waals surface area (Å²) < 4.78 is 5.66. The maximum Gasteiger partial charge on any atom is 0.223 e. The molecule has 1 aliphatic heterocycles. The summed E-state index contributed by atoms with van der Waals surface area (Å²) in [4.78, 5) is 37.2. The maximum absolute atomic E-state index is 12.6. The van der Waals surface area contributed by atoms with Crippen LogP contribution < -0.4 is 15.0 Å². The van der Waals surface area contributed by atoms with Gasteiger partial charge in [-0.3, -0.25) is 14.6 Å². The van der Waals surface area contributed by atoms with E-state index in [1.807, 2.05) is 34.5 Å². The summed E-state index contributed by atoms with van der Waals surface area (Å²) in [5.41, 5.74) is 1.79. The second kappa shape index (κ2) is 11.8. The summed E-state index contributed by atoms with van der Waals surface area (Å²) in [5, 5.41) is 6.27. The van der Waals surface area contributed by atoms with E-state index in [1.54, 1.807) is 24.5 Å². The number of piperazine rings is 1. The Morgan fingerprint density at radius 3 is 2.59 bits per heavy atom. The number of hydrogen-bond donors (Lipinski definition) is 1. The van der Waals surface area contributed by atoms with Crippen LogP contribution in [0.2, 0.25) is 5.02 Å². The van der Waals surface area contributed by atoms with Gasteiger partial charge in [0.1, 0.15) is 17.4 Å². The highest BCUT2D eigenvalue weighted by atomic mass is 35.5. The van der Waals surface area contributed by atoms with E-state index in [0.29, 0.717) is 31.3 Å². The Kier molecular flexibility index (Phi) is 8.32. The molecule has 8 nitrogen and oxygen atoms in total. The quantitative estimate of drug-likeness (QED) is 0.484. The number of carbonyl (C=O) groups excluding carboxylic acids is 2. The zero-order valence-electron chi connectivity index (χ0n) is 18.7. The number of pyridine rings is 1. The highest BCUT2D eigenvalue weighted by Gasteiger charge is 2.22. The molecule has 4 rings (SSSR count). The number of halogens is 1. The highest BCUT2D eigenvalue weighted by Crippen LogP contribution is 2.26. The third-order valence-electron chi connectivity index (χ3n) is 5.46. The SMILES string of the molecule is O=C(CCC(=O)N1CCN(c2ccccc2Cl)CC1)NCc1nc(COc2ccncc2)cs1. The first-order valence-corrected chi connectivity index (χ1v) is 12.3. The topological polar surface area (TPSA) is 87.7 Å². The van der Waals surface area contributed by atoms with Gasteiger partial charge in [-0.1, -0.05) is 23.7 Å². The number of thiazole rings is 1. The molecule has 0 atom stereocenters. The molecule has 0 spiro atoms. The molecule has 1 aromatic carbocycles. The van der Waals surface area contributed by atoms with Gasteiger partial charge in [-0.15, -0.1) is 11.3 Å². The smallest absolute Gasteiger partial charge is 0.223 e. The molecule has 0 aliphatic carbocycles. The average Bonchev–Trinajstić information content (AvgIpc) is 3.34. The van der Waals surface area contributed by atoms with Crippen LogP contribution in [0.25, 0.3) is 0 Å². The fraction of sp³-hybridized carbons (Fsp3) is 0.333. The van der Waals surface area contributed by atoms with Crippen molar-refractivity contribution >= 4 is 40.4 Å². The Morgan fingerprint density at radius 1 is 1.06 bits per heavy atom. The monoisotopic (exact) mass is 499 g/mol. The molecule has 0 unspecified atom stereocenters. The van der Waals surface area contributed by atoms with Crippen LogP contribution in [0.5, 0.6) is 5.75 Å². The summed E-state index contributed by atoms with van der Waals surface area (Å²) in [7, 11) is 0. The Morgan fingerprint density at radius 2 is 1.82 bits per heavy atom. The lowest BCUT2D eigenvalue weighted by molar-refractivity contribution is -0.133. The van der Waals surface area contributed by atoms with Crippen LogP contribution in [0.3, 0.4) is 0 Å². The molecule has 0 radical (unpaired) electrons. The number of para-hydroxylation sites is 1. The van der Waals surface area contributed by atoms with Crippen molar-refractivity contribution in [1.29, 1.82) is 0 Å². The molecule has 3 aromatic rings. The molecule has 2 aromatic heterocycles. The van der Waals surface area contributed by atoms with Crippen molar-refractivity contribution in [3.63, 3.8) is 0 Å². The molecule has 34 heavy (non-hydrogen) atoms. The molecule has 0 saturated carbocycles. The van der Waals surface area contributed by atoms with Crippen LogP contribution >= 0.6 is 22.9 Å². The van der Waals surface area contributed by atoms with E-state index in [1.165, 1.54) is 11.3 Å². The lowest BCUT2D eigenvalue weighted by Gasteiger charge is -2.36. The first-order valence-electron chi connectivity index (χ1n) is 11.1. The fourth-order valence-corrected chi connectivity index (χ4v) is 4.61. The van der Waals surface area contributed by atoms with Gasteiger partial charge >= 0.3 is 0 Å². The molecule has 2 amide bonds. The third-order valence-corrected chi connectivity index (χ3v) is 6.68. The molecule has 1 N–H and O–H groups in total. The van der Waals surface area contributed by atoms with E-state index in [9.17, 15) is 9.59 Å². The summed E-state index contributed by atoms with van der Waals surface area (Å²) in [6.07, 6.45) is 3.69. The molecule has 10 heteroatoms. The average molecular weight is 500 g/mol. The van der Waals surface area contributed by atoms with Crippen molar-refractivity contribution in [2.75, 3.05) is 31.1 Å². The van der Waals surface area contributed by atoms with Crippen molar-refractivity contribution < 1.29 is 14.3 Å². The Hall–Kier alpha value is -3.17. The van der Waals surface area contributed by atoms with Gasteiger partial charge in [0, 0.05) is 56.8 Å². The molecular weight excluding hydrogens is 474 g/mol. The van der Waals surface area contributed by atoms with Crippen molar-refractivity contribution in [1.82, 2.24) is 20.2 Å². The standard InChI is InChI=1S/C24H26ClN5O3S/c25-20-3-1-2-4-21(20)29-11-13-30(14-12-29)24(32)6-5-22(31)27-15-23-28-18(17-34-23)16-33-19-7-9-26-10-8-19/h1-4,7-10,17H,5-6,11-16H2,(H,27,31). The summed E-state index contributed by atoms with van der Waals surface area (Å²) in [5.74, 6) is 0.569. The van der Waals surface area contributed by atoms with E-state index in [4.69, 9.17) is 16.3 Å². The molecular formula is C24H26ClN5O3S. The second-order valence-corrected chi connectivity index (χ2v) is 9.15. The predicted molar refractivity (Wildman–Crippen MR) is 132 cm³/mol. The second-order valence-electron chi connectivity index (χ2n) is 7.80. The van der Waals surface area contributed by atoms with Crippen molar-refractivity contribution in [2.45, 2.75) is 26.0 Å². The van der Waals surface area contributed by atoms with Crippen molar-refractivity contribution in [3.05, 3.63) is 69.9 Å². The van der Waals surface area contributed by atoms with Crippen molar-refractivity contribution in [3.8, 4) is 5.75 Å². The minimum absolute atomic E-state index is 0.00115. The first-order chi connectivity index (χ1) is 16.6. The maximum atomic E-state index is 12.6. The third kappa shape index (κ3) is 6.68. The normalized spacial score (nSPS) is 13.6. The van der Waals surface area contributed by atoms with Crippen LogP contribution in [0.4, 0.5) is 5.69 Å². The van der Waals surface area contributed by atoms with E-state index in [2.05, 4.69) is 20.2 Å².